The van der Waals surface area contributed by atoms with E-state index in [1.54, 1.807) is 33.2 Å². The number of rotatable bonds is 8. The van der Waals surface area contributed by atoms with Gasteiger partial charge in [-0.3, -0.25) is 14.9 Å². The molecule has 2 amide bonds. The van der Waals surface area contributed by atoms with E-state index in [4.69, 9.17) is 9.72 Å². The number of carbonyl (C=O) groups excluding carboxylic acids is 1. The van der Waals surface area contributed by atoms with Gasteiger partial charge in [0.1, 0.15) is 17.4 Å². The van der Waals surface area contributed by atoms with E-state index in [-0.39, 0.29) is 19.1 Å². The number of anilines is 1. The highest BCUT2D eigenvalue weighted by Gasteiger charge is 2.51. The summed E-state index contributed by atoms with van der Waals surface area (Å²) in [6, 6.07) is 7.93. The van der Waals surface area contributed by atoms with Crippen LogP contribution in [0, 0.1) is 5.82 Å². The number of amides is 2. The predicted octanol–water partition coefficient (Wildman–Crippen LogP) is 4.72. The summed E-state index contributed by atoms with van der Waals surface area (Å²) in [5.41, 5.74) is 2.70. The zero-order valence-electron chi connectivity index (χ0n) is 21.5. The molecule has 5 rings (SSSR count). The summed E-state index contributed by atoms with van der Waals surface area (Å²) >= 11 is 0. The number of aromatic nitrogens is 3. The third kappa shape index (κ3) is 5.07. The zero-order chi connectivity index (χ0) is 26.9. The van der Waals surface area contributed by atoms with Crippen LogP contribution in [0.4, 0.5) is 23.8 Å². The van der Waals surface area contributed by atoms with Gasteiger partial charge in [0.05, 0.1) is 37.6 Å². The molecule has 1 spiro atoms. The minimum Gasteiger partial charge on any atom is -0.497 e. The van der Waals surface area contributed by atoms with Crippen molar-refractivity contribution < 1.29 is 22.7 Å². The average Bonchev–Trinajstić information content (AvgIpc) is 3.53. The first-order valence-corrected chi connectivity index (χ1v) is 12.7. The number of nitrogens with zero attached hydrogens (tertiary/aromatic N) is 5. The molecule has 4 heterocycles. The third-order valence-corrected chi connectivity index (χ3v) is 7.56. The fourth-order valence-corrected chi connectivity index (χ4v) is 5.57. The summed E-state index contributed by atoms with van der Waals surface area (Å²) in [6.07, 6.45) is 2.84. The number of hydrogen-bond donors (Lipinski definition) is 1. The van der Waals surface area contributed by atoms with Crippen molar-refractivity contribution in [1.29, 1.82) is 0 Å². The number of likely N-dealkylation sites (tertiary alicyclic amines) is 1. The van der Waals surface area contributed by atoms with Crippen molar-refractivity contribution in [1.82, 2.24) is 25.0 Å². The third-order valence-electron chi connectivity index (χ3n) is 7.56. The number of aryl methyl sites for hydroxylation is 1. The number of piperidine rings is 1. The summed E-state index contributed by atoms with van der Waals surface area (Å²) in [6.45, 7) is 3.16. The quantitative estimate of drug-likeness (QED) is 0.458. The Labute approximate surface area is 219 Å². The number of urea groups is 1. The summed E-state index contributed by atoms with van der Waals surface area (Å²) in [5, 5.41) is 6.84. The highest BCUT2D eigenvalue weighted by molar-refractivity contribution is 5.94. The van der Waals surface area contributed by atoms with E-state index in [2.05, 4.69) is 10.2 Å². The Kier molecular flexibility index (Phi) is 7.29. The maximum absolute atomic E-state index is 14.3. The van der Waals surface area contributed by atoms with E-state index < -0.39 is 17.8 Å². The number of aromatic amines is 1. The Morgan fingerprint density at radius 1 is 1.18 bits per heavy atom. The van der Waals surface area contributed by atoms with Crippen molar-refractivity contribution in [3.63, 3.8) is 0 Å². The lowest BCUT2D eigenvalue weighted by molar-refractivity contribution is 0.0340. The number of hydrogen-bond acceptors (Lipinski definition) is 5. The van der Waals surface area contributed by atoms with Crippen LogP contribution >= 0.6 is 0 Å². The van der Waals surface area contributed by atoms with Crippen LogP contribution in [0.2, 0.25) is 0 Å². The molecule has 0 atom stereocenters. The average molecular weight is 529 g/mol. The van der Waals surface area contributed by atoms with Gasteiger partial charge in [0.25, 0.3) is 6.43 Å². The molecule has 0 radical (unpaired) electrons. The SMILES string of the molecule is CCc1nc(N2CC3(CCN(CC(F)F)CC3)N(Cc3cc(F)cc(OC)c3)C2=O)ccc1-c1cn[nH]c1. The molecule has 3 aromatic rings. The van der Waals surface area contributed by atoms with Crippen LogP contribution in [0.3, 0.4) is 0 Å². The second kappa shape index (κ2) is 10.6. The number of H-pyrrole nitrogens is 1. The maximum atomic E-state index is 14.3. The smallest absolute Gasteiger partial charge is 0.326 e. The van der Waals surface area contributed by atoms with Crippen molar-refractivity contribution in [2.75, 3.05) is 38.2 Å². The Bertz CT molecular complexity index is 1280. The monoisotopic (exact) mass is 528 g/mol. The number of nitrogens with one attached hydrogen (secondary N) is 1. The molecule has 8 nitrogen and oxygen atoms in total. The largest absolute Gasteiger partial charge is 0.497 e. The minimum atomic E-state index is -2.41. The van der Waals surface area contributed by atoms with Gasteiger partial charge in [-0.05, 0) is 49.1 Å². The second-order valence-electron chi connectivity index (χ2n) is 9.87. The van der Waals surface area contributed by atoms with E-state index in [1.165, 1.54) is 19.2 Å². The molecule has 2 fully saturated rings. The molecule has 0 aliphatic carbocycles. The molecule has 11 heteroatoms. The molecular formula is C27H31F3N6O2. The fraction of sp³-hybridized carbons (Fsp3) is 0.444. The Hall–Kier alpha value is -3.60. The molecule has 2 aliphatic heterocycles. The fourth-order valence-electron chi connectivity index (χ4n) is 5.57. The van der Waals surface area contributed by atoms with E-state index in [0.717, 1.165) is 16.8 Å². The normalized spacial score (nSPS) is 17.7. The van der Waals surface area contributed by atoms with Gasteiger partial charge in [-0.15, -0.1) is 0 Å². The Balaban J connectivity index is 1.47. The van der Waals surface area contributed by atoms with E-state index >= 15 is 0 Å². The van der Waals surface area contributed by atoms with Crippen molar-refractivity contribution in [2.24, 2.45) is 0 Å². The Morgan fingerprint density at radius 3 is 2.63 bits per heavy atom. The van der Waals surface area contributed by atoms with Crippen molar-refractivity contribution >= 4 is 11.8 Å². The second-order valence-corrected chi connectivity index (χ2v) is 9.87. The lowest BCUT2D eigenvalue weighted by atomic mass is 9.86. The number of methoxy groups -OCH3 is 1. The highest BCUT2D eigenvalue weighted by atomic mass is 19.3. The van der Waals surface area contributed by atoms with Crippen molar-refractivity contribution in [3.8, 4) is 16.9 Å². The number of pyridine rings is 1. The highest BCUT2D eigenvalue weighted by Crippen LogP contribution is 2.40. The van der Waals surface area contributed by atoms with Gasteiger partial charge < -0.3 is 9.64 Å². The van der Waals surface area contributed by atoms with Crippen molar-refractivity contribution in [3.05, 3.63) is 59.8 Å². The van der Waals surface area contributed by atoms with Gasteiger partial charge in [-0.1, -0.05) is 6.92 Å². The number of alkyl halides is 2. The van der Waals surface area contributed by atoms with Gasteiger partial charge in [-0.25, -0.2) is 22.9 Å². The molecule has 202 valence electrons. The maximum Gasteiger partial charge on any atom is 0.326 e. The van der Waals surface area contributed by atoms with Gasteiger partial charge in [-0.2, -0.15) is 5.10 Å². The van der Waals surface area contributed by atoms with Crippen LogP contribution in [0.5, 0.6) is 5.75 Å². The van der Waals surface area contributed by atoms with E-state index in [0.29, 0.717) is 56.0 Å². The zero-order valence-corrected chi connectivity index (χ0v) is 21.5. The predicted molar refractivity (Wildman–Crippen MR) is 137 cm³/mol. The van der Waals surface area contributed by atoms with Gasteiger partial charge in [0.15, 0.2) is 0 Å². The lowest BCUT2D eigenvalue weighted by Gasteiger charge is -2.43. The van der Waals surface area contributed by atoms with Gasteiger partial charge in [0, 0.05) is 43.0 Å². The molecule has 0 unspecified atom stereocenters. The molecule has 0 bridgehead atoms. The van der Waals surface area contributed by atoms with Gasteiger partial charge >= 0.3 is 6.03 Å². The molecule has 2 aromatic heterocycles. The van der Waals surface area contributed by atoms with Crippen LogP contribution in [0.25, 0.3) is 11.1 Å². The van der Waals surface area contributed by atoms with Gasteiger partial charge in [0.2, 0.25) is 0 Å². The van der Waals surface area contributed by atoms with Crippen LogP contribution in [0.1, 0.15) is 31.0 Å². The van der Waals surface area contributed by atoms with E-state index in [9.17, 15) is 18.0 Å². The summed E-state index contributed by atoms with van der Waals surface area (Å²) < 4.78 is 45.6. The number of halogens is 3. The molecule has 1 aromatic carbocycles. The Morgan fingerprint density at radius 2 is 1.97 bits per heavy atom. The summed E-state index contributed by atoms with van der Waals surface area (Å²) in [7, 11) is 1.46. The van der Waals surface area contributed by atoms with Crippen molar-refractivity contribution in [2.45, 2.75) is 44.7 Å². The molecule has 2 saturated heterocycles. The molecule has 38 heavy (non-hydrogen) atoms. The molecular weight excluding hydrogens is 497 g/mol. The first-order valence-electron chi connectivity index (χ1n) is 12.7. The van der Waals surface area contributed by atoms with Crippen LogP contribution < -0.4 is 9.64 Å². The van der Waals surface area contributed by atoms with E-state index in [1.807, 2.05) is 19.1 Å². The molecule has 1 N–H and O–H groups in total. The number of benzene rings is 1. The molecule has 2 aliphatic rings. The summed E-state index contributed by atoms with van der Waals surface area (Å²) in [5.74, 6) is 0.453. The number of carbonyl (C=O) groups is 1. The summed E-state index contributed by atoms with van der Waals surface area (Å²) in [4.78, 5) is 23.9. The first-order chi connectivity index (χ1) is 18.3. The first kappa shape index (κ1) is 26.0. The lowest BCUT2D eigenvalue weighted by Crippen LogP contribution is -2.54. The minimum absolute atomic E-state index is 0.173. The number of ether oxygens (including phenoxy) is 1. The van der Waals surface area contributed by atoms with Crippen LogP contribution in [-0.2, 0) is 13.0 Å². The topological polar surface area (TPSA) is 77.6 Å². The van der Waals surface area contributed by atoms with Crippen LogP contribution in [0.15, 0.2) is 42.7 Å². The standard InChI is InChI=1S/C27H31F3N6O2/c1-3-23-22(19-13-31-32-14-19)4-5-25(33-23)35-17-27(6-8-34(9-7-27)16-24(29)30)36(26(35)37)15-18-10-20(28)12-21(11-18)38-2/h4-5,10-14,24H,3,6-9,15-17H2,1-2H3,(H,31,32). The van der Waals surface area contributed by atoms with Crippen LogP contribution in [-0.4, -0.2) is 76.3 Å². The molecule has 0 saturated carbocycles.